The number of aromatic nitrogens is 3. The number of carbonyl (C=O) groups excluding carboxylic acids is 1. The maximum absolute atomic E-state index is 12.5. The fourth-order valence-corrected chi connectivity index (χ4v) is 3.44. The van der Waals surface area contributed by atoms with E-state index in [1.165, 1.54) is 0 Å². The van der Waals surface area contributed by atoms with Crippen LogP contribution in [-0.2, 0) is 4.79 Å². The van der Waals surface area contributed by atoms with Crippen LogP contribution in [0.3, 0.4) is 0 Å². The number of amides is 1. The molecule has 2 aromatic rings. The van der Waals surface area contributed by atoms with Crippen molar-refractivity contribution in [3.63, 3.8) is 0 Å². The van der Waals surface area contributed by atoms with E-state index < -0.39 is 0 Å². The Labute approximate surface area is 159 Å². The van der Waals surface area contributed by atoms with E-state index >= 15 is 0 Å². The smallest absolute Gasteiger partial charge is 0.260 e. The number of nitrogens with zero attached hydrogens (tertiary/aromatic N) is 4. The molecule has 0 saturated carbocycles. The number of hydrogen-bond acceptors (Lipinski definition) is 4. The number of benzene rings is 1. The van der Waals surface area contributed by atoms with Gasteiger partial charge in [0.1, 0.15) is 18.4 Å². The summed E-state index contributed by atoms with van der Waals surface area (Å²) in [6.07, 6.45) is 5.05. The highest BCUT2D eigenvalue weighted by Crippen LogP contribution is 2.32. The molecule has 1 fully saturated rings. The minimum absolute atomic E-state index is 0.0179. The molecule has 1 aliphatic heterocycles. The van der Waals surface area contributed by atoms with Gasteiger partial charge < -0.3 is 9.64 Å². The van der Waals surface area contributed by atoms with Gasteiger partial charge in [0.15, 0.2) is 6.61 Å². The summed E-state index contributed by atoms with van der Waals surface area (Å²) in [6.45, 7) is 7.59. The molecule has 0 N–H and O–H groups in total. The Bertz CT molecular complexity index is 753. The van der Waals surface area contributed by atoms with E-state index in [1.807, 2.05) is 28.6 Å². The van der Waals surface area contributed by atoms with Gasteiger partial charge in [-0.1, -0.05) is 25.4 Å². The summed E-state index contributed by atoms with van der Waals surface area (Å²) in [6, 6.07) is 4.17. The summed E-state index contributed by atoms with van der Waals surface area (Å²) in [5, 5.41) is 4.92. The van der Waals surface area contributed by atoms with Crippen molar-refractivity contribution in [1.29, 1.82) is 0 Å². The van der Waals surface area contributed by atoms with Crippen LogP contribution in [0.15, 0.2) is 24.8 Å². The summed E-state index contributed by atoms with van der Waals surface area (Å²) in [5.74, 6) is 1.04. The third-order valence-corrected chi connectivity index (χ3v) is 5.30. The fraction of sp³-hybridized carbons (Fsp3) is 0.526. The molecule has 0 atom stereocenters. The topological polar surface area (TPSA) is 60.2 Å². The second-order valence-corrected chi connectivity index (χ2v) is 7.48. The molecule has 0 bridgehead atoms. The first kappa shape index (κ1) is 18.7. The molecular weight excluding hydrogens is 352 g/mol. The number of piperidine rings is 1. The zero-order valence-corrected chi connectivity index (χ0v) is 16.2. The minimum atomic E-state index is 0.0179. The van der Waals surface area contributed by atoms with Crippen molar-refractivity contribution in [3.05, 3.63) is 40.9 Å². The summed E-state index contributed by atoms with van der Waals surface area (Å²) < 4.78 is 7.75. The maximum atomic E-state index is 12.5. The number of ether oxygens (including phenoxy) is 1. The van der Waals surface area contributed by atoms with Crippen LogP contribution in [-0.4, -0.2) is 45.3 Å². The predicted octanol–water partition coefficient (Wildman–Crippen LogP) is 3.61. The van der Waals surface area contributed by atoms with Gasteiger partial charge in [-0.25, -0.2) is 9.67 Å². The Morgan fingerprint density at radius 3 is 2.69 bits per heavy atom. The molecule has 26 heavy (non-hydrogen) atoms. The van der Waals surface area contributed by atoms with E-state index in [0.717, 1.165) is 34.7 Å². The van der Waals surface area contributed by atoms with Crippen molar-refractivity contribution in [2.24, 2.45) is 0 Å². The van der Waals surface area contributed by atoms with Crippen molar-refractivity contribution < 1.29 is 9.53 Å². The van der Waals surface area contributed by atoms with Gasteiger partial charge in [-0.05, 0) is 48.9 Å². The van der Waals surface area contributed by atoms with Gasteiger partial charge in [0.2, 0.25) is 0 Å². The third-order valence-electron chi connectivity index (χ3n) is 4.89. The Balaban J connectivity index is 1.57. The van der Waals surface area contributed by atoms with Gasteiger partial charge in [-0.3, -0.25) is 4.79 Å². The van der Waals surface area contributed by atoms with Gasteiger partial charge in [0.25, 0.3) is 5.91 Å². The molecule has 0 unspecified atom stereocenters. The quantitative estimate of drug-likeness (QED) is 0.799. The molecule has 2 heterocycles. The first-order valence-corrected chi connectivity index (χ1v) is 9.38. The van der Waals surface area contributed by atoms with Crippen LogP contribution in [0.1, 0.15) is 49.8 Å². The van der Waals surface area contributed by atoms with Crippen LogP contribution in [0, 0.1) is 6.92 Å². The summed E-state index contributed by atoms with van der Waals surface area (Å²) >= 11 is 6.23. The molecule has 0 aliphatic carbocycles. The van der Waals surface area contributed by atoms with Crippen LogP contribution in [0.25, 0.3) is 0 Å². The molecule has 1 aliphatic rings. The number of halogens is 1. The monoisotopic (exact) mass is 376 g/mol. The molecule has 0 radical (unpaired) electrons. The van der Waals surface area contributed by atoms with Gasteiger partial charge in [-0.15, -0.1) is 0 Å². The highest BCUT2D eigenvalue weighted by molar-refractivity contribution is 6.31. The van der Waals surface area contributed by atoms with Crippen molar-refractivity contribution in [2.75, 3.05) is 19.7 Å². The number of likely N-dealkylation sites (tertiary alicyclic amines) is 1. The lowest BCUT2D eigenvalue weighted by atomic mass is 10.0. The molecule has 3 rings (SSSR count). The second kappa shape index (κ2) is 8.08. The average molecular weight is 377 g/mol. The van der Waals surface area contributed by atoms with Gasteiger partial charge in [0, 0.05) is 18.1 Å². The Hall–Kier alpha value is -2.08. The van der Waals surface area contributed by atoms with Crippen molar-refractivity contribution in [1.82, 2.24) is 19.7 Å². The highest BCUT2D eigenvalue weighted by atomic mass is 35.5. The molecule has 6 nitrogen and oxygen atoms in total. The van der Waals surface area contributed by atoms with E-state index in [0.29, 0.717) is 19.1 Å². The van der Waals surface area contributed by atoms with Crippen molar-refractivity contribution >= 4 is 17.5 Å². The second-order valence-electron chi connectivity index (χ2n) is 7.07. The number of rotatable bonds is 5. The van der Waals surface area contributed by atoms with E-state index in [2.05, 4.69) is 23.9 Å². The molecule has 1 saturated heterocycles. The predicted molar refractivity (Wildman–Crippen MR) is 101 cm³/mol. The lowest BCUT2D eigenvalue weighted by molar-refractivity contribution is -0.134. The Kier molecular flexibility index (Phi) is 5.81. The van der Waals surface area contributed by atoms with Crippen molar-refractivity contribution in [2.45, 2.75) is 45.6 Å². The molecule has 1 aromatic heterocycles. The average Bonchev–Trinajstić information content (AvgIpc) is 3.16. The Morgan fingerprint density at radius 1 is 1.35 bits per heavy atom. The van der Waals surface area contributed by atoms with Crippen LogP contribution in [0.4, 0.5) is 0 Å². The summed E-state index contributed by atoms with van der Waals surface area (Å²) in [4.78, 5) is 18.4. The Morgan fingerprint density at radius 2 is 2.08 bits per heavy atom. The van der Waals surface area contributed by atoms with Crippen LogP contribution >= 0.6 is 11.6 Å². The normalized spacial score (nSPS) is 15.5. The lowest BCUT2D eigenvalue weighted by Crippen LogP contribution is -2.41. The highest BCUT2D eigenvalue weighted by Gasteiger charge is 2.24. The summed E-state index contributed by atoms with van der Waals surface area (Å²) in [7, 11) is 0. The molecule has 7 heteroatoms. The van der Waals surface area contributed by atoms with E-state index in [9.17, 15) is 4.79 Å². The zero-order valence-electron chi connectivity index (χ0n) is 15.5. The number of hydrogen-bond donors (Lipinski definition) is 0. The molecule has 1 aromatic carbocycles. The van der Waals surface area contributed by atoms with E-state index in [4.69, 9.17) is 16.3 Å². The first-order valence-electron chi connectivity index (χ1n) is 9.00. The molecule has 140 valence electrons. The number of aryl methyl sites for hydroxylation is 1. The molecule has 1 amide bonds. The standard InChI is InChI=1S/C19H25ClN4O2/c1-13(2)16-9-17(20)14(3)8-18(16)26-10-19(25)23-6-4-15(5-7-23)24-12-21-11-22-24/h8-9,11-13,15H,4-7,10H2,1-3H3. The maximum Gasteiger partial charge on any atom is 0.260 e. The lowest BCUT2D eigenvalue weighted by Gasteiger charge is -2.32. The van der Waals surface area contributed by atoms with Crippen LogP contribution in [0.2, 0.25) is 5.02 Å². The molecular formula is C19H25ClN4O2. The van der Waals surface area contributed by atoms with E-state index in [-0.39, 0.29) is 18.4 Å². The largest absolute Gasteiger partial charge is 0.483 e. The van der Waals surface area contributed by atoms with Gasteiger partial charge >= 0.3 is 0 Å². The zero-order chi connectivity index (χ0) is 18.7. The summed E-state index contributed by atoms with van der Waals surface area (Å²) in [5.41, 5.74) is 1.98. The third kappa shape index (κ3) is 4.18. The fourth-order valence-electron chi connectivity index (χ4n) is 3.26. The number of carbonyl (C=O) groups is 1. The molecule has 0 spiro atoms. The van der Waals surface area contributed by atoms with Crippen molar-refractivity contribution in [3.8, 4) is 5.75 Å². The SMILES string of the molecule is Cc1cc(OCC(=O)N2CCC(n3cncn3)CC2)c(C(C)C)cc1Cl. The van der Waals surface area contributed by atoms with Crippen LogP contribution < -0.4 is 4.74 Å². The minimum Gasteiger partial charge on any atom is -0.483 e. The van der Waals surface area contributed by atoms with Gasteiger partial charge in [-0.2, -0.15) is 5.10 Å². The first-order chi connectivity index (χ1) is 12.5. The van der Waals surface area contributed by atoms with Gasteiger partial charge in [0.05, 0.1) is 6.04 Å². The van der Waals surface area contributed by atoms with E-state index in [1.54, 1.807) is 12.7 Å². The van der Waals surface area contributed by atoms with Crippen LogP contribution in [0.5, 0.6) is 5.75 Å².